The maximum atomic E-state index is 11.0. The third-order valence-corrected chi connectivity index (χ3v) is 0.423. The van der Waals surface area contributed by atoms with Gasteiger partial charge in [0.2, 0.25) is 0 Å². The van der Waals surface area contributed by atoms with E-state index in [2.05, 4.69) is 0 Å². The van der Waals surface area contributed by atoms with Crippen LogP contribution in [0.25, 0.3) is 0 Å². The van der Waals surface area contributed by atoms with E-state index in [1.165, 1.54) is 3.11 Å². The van der Waals surface area contributed by atoms with Crippen LogP contribution in [0.3, 0.4) is 0 Å². The Kier molecular flexibility index (Phi) is 3.19. The van der Waals surface area contributed by atoms with Gasteiger partial charge in [0, 0.05) is 22.9 Å². The molecule has 5 heavy (non-hydrogen) atoms. The van der Waals surface area contributed by atoms with Gasteiger partial charge in [-0.3, -0.25) is 0 Å². The van der Waals surface area contributed by atoms with E-state index < -0.39 is 0 Å². The van der Waals surface area contributed by atoms with Crippen LogP contribution in [0.15, 0.2) is 0 Å². The van der Waals surface area contributed by atoms with Crippen LogP contribution in [0.2, 0.25) is 0 Å². The molecule has 0 radical (unpaired) electrons. The minimum absolute atomic E-state index is 0.374. The highest BCUT2D eigenvalue weighted by atomic mass is 127. The minimum Gasteiger partial charge on any atom is -0.233 e. The molecule has 0 aliphatic carbocycles. The van der Waals surface area contributed by atoms with E-state index in [1.807, 2.05) is 22.9 Å². The van der Waals surface area contributed by atoms with Crippen molar-refractivity contribution < 1.29 is 4.39 Å². The molecule has 0 saturated heterocycles. The Morgan fingerprint density at radius 3 is 2.20 bits per heavy atom. The number of nitrogens with zero attached hydrogens (tertiary/aromatic N) is 1. The van der Waals surface area contributed by atoms with E-state index >= 15 is 0 Å². The summed E-state index contributed by atoms with van der Waals surface area (Å²) in [5.41, 5.74) is 0. The zero-order chi connectivity index (χ0) is 4.28. The van der Waals surface area contributed by atoms with E-state index in [9.17, 15) is 4.39 Å². The molecule has 3 heteroatoms. The van der Waals surface area contributed by atoms with Gasteiger partial charge in [-0.2, -0.15) is 0 Å². The summed E-state index contributed by atoms with van der Waals surface area (Å²) in [6, 6.07) is 0. The molecule has 0 bridgehead atoms. The largest absolute Gasteiger partial charge is 0.233 e. The van der Waals surface area contributed by atoms with Gasteiger partial charge in [-0.1, -0.05) is 0 Å². The predicted octanol–water partition coefficient (Wildman–Crippen LogP) is 1.20. The van der Waals surface area contributed by atoms with Crippen LogP contribution in [-0.4, -0.2) is 17.0 Å². The fourth-order valence-electron chi connectivity index (χ4n) is 0. The van der Waals surface area contributed by atoms with Crippen molar-refractivity contribution in [3.05, 3.63) is 0 Å². The Morgan fingerprint density at radius 1 is 2.00 bits per heavy atom. The average Bonchev–Trinajstić information content (AvgIpc) is 1.38. The first kappa shape index (κ1) is 5.62. The Bertz CT molecular complexity index is 23.6. The summed E-state index contributed by atoms with van der Waals surface area (Å²) < 4.78 is 12.5. The number of hydrogen-bond acceptors (Lipinski definition) is 1. The van der Waals surface area contributed by atoms with Crippen LogP contribution in [-0.2, 0) is 0 Å². The van der Waals surface area contributed by atoms with E-state index in [-0.39, 0.29) is 6.80 Å². The van der Waals surface area contributed by atoms with Crippen LogP contribution >= 0.6 is 22.9 Å². The van der Waals surface area contributed by atoms with Gasteiger partial charge in [-0.25, -0.2) is 7.50 Å². The first-order valence-electron chi connectivity index (χ1n) is 1.20. The van der Waals surface area contributed by atoms with Gasteiger partial charge in [0.1, 0.15) is 0 Å². The van der Waals surface area contributed by atoms with E-state index in [4.69, 9.17) is 0 Å². The minimum atomic E-state index is -0.374. The lowest BCUT2D eigenvalue weighted by molar-refractivity contribution is 0.371. The lowest BCUT2D eigenvalue weighted by atomic mass is 11.2. The number of halogens is 2. The molecule has 0 fully saturated rings. The fraction of sp³-hybridized carbons (Fsp3) is 1.00. The third-order valence-electron chi connectivity index (χ3n) is 0.165. The van der Waals surface area contributed by atoms with Crippen molar-refractivity contribution >= 4 is 22.9 Å². The monoisotopic (exact) mass is 189 g/mol. The average molecular weight is 189 g/mol. The normalized spacial score (nSPS) is 9.60. The Morgan fingerprint density at radius 2 is 2.20 bits per heavy atom. The lowest BCUT2D eigenvalue weighted by Crippen LogP contribution is -1.97. The van der Waals surface area contributed by atoms with Gasteiger partial charge in [0.25, 0.3) is 0 Å². The molecule has 0 spiro atoms. The Balaban J connectivity index is 2.54. The van der Waals surface area contributed by atoms with Crippen molar-refractivity contribution in [1.82, 2.24) is 3.11 Å². The summed E-state index contributed by atoms with van der Waals surface area (Å²) in [6.45, 7) is -0.374. The molecule has 1 nitrogen and oxygen atoms in total. The molecular formula is C2H5FIN. The zero-order valence-electron chi connectivity index (χ0n) is 2.91. The fourth-order valence-corrected chi connectivity index (χ4v) is 0. The molecule has 0 atom stereocenters. The van der Waals surface area contributed by atoms with Crippen LogP contribution in [0.1, 0.15) is 0 Å². The number of hydrogen-bond donors (Lipinski definition) is 0. The van der Waals surface area contributed by atoms with Crippen LogP contribution in [0.4, 0.5) is 4.39 Å². The van der Waals surface area contributed by atoms with Crippen LogP contribution in [0.5, 0.6) is 0 Å². The van der Waals surface area contributed by atoms with Crippen molar-refractivity contribution in [3.63, 3.8) is 0 Å². The standard InChI is InChI=1S/C2H5FIN/c1-5(4)2-3/h2H2,1H3. The molecule has 0 aromatic rings. The van der Waals surface area contributed by atoms with Crippen molar-refractivity contribution in [2.75, 3.05) is 13.8 Å². The second kappa shape index (κ2) is 2.84. The first-order chi connectivity index (χ1) is 2.27. The molecule has 0 unspecified atom stereocenters. The third kappa shape index (κ3) is 4.62. The molecule has 0 saturated carbocycles. The summed E-state index contributed by atoms with van der Waals surface area (Å²) in [5, 5.41) is 0. The smallest absolute Gasteiger partial charge is 0.150 e. The Labute approximate surface area is 44.6 Å². The molecule has 0 amide bonds. The number of rotatable bonds is 1. The molecule has 0 aromatic carbocycles. The summed E-state index contributed by atoms with van der Waals surface area (Å²) in [7, 11) is 1.67. The molecular weight excluding hydrogens is 184 g/mol. The molecule has 0 aliphatic rings. The maximum Gasteiger partial charge on any atom is 0.150 e. The van der Waals surface area contributed by atoms with Gasteiger partial charge in [0.15, 0.2) is 6.80 Å². The highest BCUT2D eigenvalue weighted by Gasteiger charge is 1.79. The molecule has 0 aromatic heterocycles. The predicted molar refractivity (Wildman–Crippen MR) is 27.8 cm³/mol. The SMILES string of the molecule is CN(I)CF. The summed E-state index contributed by atoms with van der Waals surface area (Å²) in [5.74, 6) is 0. The topological polar surface area (TPSA) is 3.24 Å². The van der Waals surface area contributed by atoms with Crippen molar-refractivity contribution in [3.8, 4) is 0 Å². The summed E-state index contributed by atoms with van der Waals surface area (Å²) in [4.78, 5) is 0. The van der Waals surface area contributed by atoms with Gasteiger partial charge in [-0.15, -0.1) is 0 Å². The van der Waals surface area contributed by atoms with Gasteiger partial charge < -0.3 is 0 Å². The number of alkyl halides is 1. The van der Waals surface area contributed by atoms with E-state index in [1.54, 1.807) is 7.05 Å². The van der Waals surface area contributed by atoms with Crippen molar-refractivity contribution in [2.45, 2.75) is 0 Å². The van der Waals surface area contributed by atoms with Gasteiger partial charge in [-0.05, 0) is 7.05 Å². The quantitative estimate of drug-likeness (QED) is 0.340. The highest BCUT2D eigenvalue weighted by molar-refractivity contribution is 14.1. The lowest BCUT2D eigenvalue weighted by Gasteiger charge is -1.93. The van der Waals surface area contributed by atoms with Gasteiger partial charge in [0.05, 0.1) is 0 Å². The van der Waals surface area contributed by atoms with Crippen molar-refractivity contribution in [1.29, 1.82) is 0 Å². The second-order valence-corrected chi connectivity index (χ2v) is 2.37. The second-order valence-electron chi connectivity index (χ2n) is 0.724. The zero-order valence-corrected chi connectivity index (χ0v) is 5.07. The summed E-state index contributed by atoms with van der Waals surface area (Å²) >= 11 is 1.86. The van der Waals surface area contributed by atoms with Crippen molar-refractivity contribution in [2.24, 2.45) is 0 Å². The molecule has 0 heterocycles. The summed E-state index contributed by atoms with van der Waals surface area (Å²) in [6.07, 6.45) is 0. The van der Waals surface area contributed by atoms with E-state index in [0.717, 1.165) is 0 Å². The molecule has 0 aliphatic heterocycles. The maximum absolute atomic E-state index is 11.0. The first-order valence-corrected chi connectivity index (χ1v) is 2.16. The highest BCUT2D eigenvalue weighted by Crippen LogP contribution is 1.88. The van der Waals surface area contributed by atoms with E-state index in [0.29, 0.717) is 0 Å². The molecule has 0 rings (SSSR count). The molecule has 0 N–H and O–H groups in total. The Hall–Kier alpha value is 0.620. The van der Waals surface area contributed by atoms with Crippen LogP contribution < -0.4 is 0 Å². The molecule has 32 valence electrons. The van der Waals surface area contributed by atoms with Crippen LogP contribution in [0, 0.1) is 0 Å². The van der Waals surface area contributed by atoms with Gasteiger partial charge >= 0.3 is 0 Å².